The highest BCUT2D eigenvalue weighted by Gasteiger charge is 2.13. The fourth-order valence-corrected chi connectivity index (χ4v) is 4.77. The number of Topliss-reactive ketones (excluding diaryl/α,β-unsaturated/α-hetero) is 1. The van der Waals surface area contributed by atoms with E-state index in [-0.39, 0.29) is 11.3 Å². The average Bonchev–Trinajstić information content (AvgIpc) is 3.42. The van der Waals surface area contributed by atoms with Gasteiger partial charge in [0.2, 0.25) is 0 Å². The van der Waals surface area contributed by atoms with Crippen LogP contribution in [0.1, 0.15) is 27.3 Å². The van der Waals surface area contributed by atoms with E-state index in [1.807, 2.05) is 36.7 Å². The van der Waals surface area contributed by atoms with Crippen LogP contribution in [0.4, 0.5) is 0 Å². The number of benzene rings is 1. The fraction of sp³-hybridized carbons (Fsp3) is 0.182. The number of pyridine rings is 1. The number of hydrogen-bond donors (Lipinski definition) is 0. The monoisotopic (exact) mass is 470 g/mol. The summed E-state index contributed by atoms with van der Waals surface area (Å²) in [6.07, 6.45) is 6.49. The summed E-state index contributed by atoms with van der Waals surface area (Å²) in [5.74, 6) is 0.810. The van der Waals surface area contributed by atoms with E-state index in [4.69, 9.17) is 11.6 Å². The topological polar surface area (TPSA) is 69.8 Å². The summed E-state index contributed by atoms with van der Waals surface area (Å²) in [5.41, 5.74) is 3.41. The second kappa shape index (κ2) is 9.64. The molecule has 0 aliphatic carbocycles. The van der Waals surface area contributed by atoms with Crippen LogP contribution in [-0.4, -0.2) is 31.6 Å². The molecule has 0 aliphatic heterocycles. The van der Waals surface area contributed by atoms with Crippen molar-refractivity contribution in [2.75, 3.05) is 6.26 Å². The zero-order chi connectivity index (χ0) is 21.8. The van der Waals surface area contributed by atoms with Gasteiger partial charge in [-0.1, -0.05) is 22.9 Å². The summed E-state index contributed by atoms with van der Waals surface area (Å²) < 4.78 is 3.95. The van der Waals surface area contributed by atoms with E-state index in [1.54, 1.807) is 45.4 Å². The lowest BCUT2D eigenvalue weighted by molar-refractivity contribution is 0.0986. The number of halogens is 1. The first-order valence-corrected chi connectivity index (χ1v) is 12.1. The summed E-state index contributed by atoms with van der Waals surface area (Å²) >= 11 is 8.89. The highest BCUT2D eigenvalue weighted by molar-refractivity contribution is 7.97. The first kappa shape index (κ1) is 21.5. The summed E-state index contributed by atoms with van der Waals surface area (Å²) in [6.45, 7) is 0. The van der Waals surface area contributed by atoms with E-state index >= 15 is 0 Å². The van der Waals surface area contributed by atoms with E-state index in [9.17, 15) is 9.59 Å². The van der Waals surface area contributed by atoms with Gasteiger partial charge in [-0.3, -0.25) is 14.2 Å². The molecular weight excluding hydrogens is 452 g/mol. The van der Waals surface area contributed by atoms with Crippen molar-refractivity contribution in [2.45, 2.75) is 18.6 Å². The zero-order valence-corrected chi connectivity index (χ0v) is 19.1. The molecule has 0 aliphatic rings. The summed E-state index contributed by atoms with van der Waals surface area (Å²) in [5, 5.41) is 8.50. The molecule has 0 atom stereocenters. The second-order valence-corrected chi connectivity index (χ2v) is 9.42. The third-order valence-corrected chi connectivity index (χ3v) is 6.58. The Labute approximate surface area is 192 Å². The number of carbonyl (C=O) groups is 1. The molecule has 0 saturated carbocycles. The molecule has 0 N–H and O–H groups in total. The van der Waals surface area contributed by atoms with Crippen molar-refractivity contribution in [2.24, 2.45) is 0 Å². The van der Waals surface area contributed by atoms with E-state index in [1.165, 1.54) is 17.4 Å². The Kier molecular flexibility index (Phi) is 6.70. The molecule has 0 saturated heterocycles. The Bertz CT molecular complexity index is 1280. The number of thioether (sulfide) groups is 1. The maximum Gasteiger partial charge on any atom is 0.255 e. The molecule has 4 rings (SSSR count). The third kappa shape index (κ3) is 4.98. The molecule has 3 aromatic heterocycles. The maximum absolute atomic E-state index is 12.3. The molecule has 0 bridgehead atoms. The van der Waals surface area contributed by atoms with Crippen molar-refractivity contribution in [3.63, 3.8) is 0 Å². The number of ketones is 1. The van der Waals surface area contributed by atoms with Crippen LogP contribution in [0, 0.1) is 0 Å². The van der Waals surface area contributed by atoms with Crippen LogP contribution in [-0.2, 0) is 12.2 Å². The van der Waals surface area contributed by atoms with Crippen LogP contribution in [0.25, 0.3) is 11.4 Å². The molecule has 3 heterocycles. The van der Waals surface area contributed by atoms with Crippen LogP contribution in [0.3, 0.4) is 0 Å². The van der Waals surface area contributed by atoms with Crippen molar-refractivity contribution < 1.29 is 4.79 Å². The normalized spacial score (nSPS) is 11.0. The van der Waals surface area contributed by atoms with Gasteiger partial charge in [-0.15, -0.1) is 16.4 Å². The Morgan fingerprint density at radius 1 is 1.19 bits per heavy atom. The molecule has 4 aromatic rings. The number of aryl methyl sites for hydroxylation is 1. The van der Waals surface area contributed by atoms with E-state index in [0.29, 0.717) is 22.1 Å². The molecule has 0 unspecified atom stereocenters. The molecule has 0 fully saturated rings. The number of nitrogens with zero attached hydrogens (tertiary/aromatic N) is 4. The Balaban J connectivity index is 1.55. The Morgan fingerprint density at radius 3 is 2.81 bits per heavy atom. The highest BCUT2D eigenvalue weighted by Crippen LogP contribution is 2.24. The van der Waals surface area contributed by atoms with Gasteiger partial charge in [-0.2, -0.15) is 11.8 Å². The zero-order valence-electron chi connectivity index (χ0n) is 16.7. The van der Waals surface area contributed by atoms with Crippen LogP contribution in [0.5, 0.6) is 0 Å². The van der Waals surface area contributed by atoms with Crippen molar-refractivity contribution in [3.8, 4) is 11.4 Å². The fourth-order valence-electron chi connectivity index (χ4n) is 3.22. The summed E-state index contributed by atoms with van der Waals surface area (Å²) in [7, 11) is 0. The molecule has 0 amide bonds. The molecule has 9 heteroatoms. The lowest BCUT2D eigenvalue weighted by Crippen LogP contribution is -2.16. The van der Waals surface area contributed by atoms with Crippen LogP contribution < -0.4 is 5.56 Å². The number of hydrogen-bond acceptors (Lipinski definition) is 6. The van der Waals surface area contributed by atoms with Gasteiger partial charge in [-0.05, 0) is 48.2 Å². The summed E-state index contributed by atoms with van der Waals surface area (Å²) in [6, 6.07) is 14.4. The minimum atomic E-state index is -0.0786. The smallest absolute Gasteiger partial charge is 0.255 e. The van der Waals surface area contributed by atoms with Crippen LogP contribution in [0.2, 0.25) is 4.34 Å². The van der Waals surface area contributed by atoms with Crippen molar-refractivity contribution in [3.05, 3.63) is 91.7 Å². The Hall–Kier alpha value is -2.68. The SMILES string of the molecule is CSCc1cc(-n2ccccc2=O)ccc1-n1cc(CCC(=O)c2ccc(Cl)s2)nn1. The molecule has 31 heavy (non-hydrogen) atoms. The number of thiophene rings is 1. The minimum absolute atomic E-state index is 0.0483. The van der Waals surface area contributed by atoms with E-state index < -0.39 is 0 Å². The Morgan fingerprint density at radius 2 is 2.06 bits per heavy atom. The number of aromatic nitrogens is 4. The molecule has 0 spiro atoms. The standard InChI is InChI=1S/C22H19ClN4O2S2/c1-30-14-15-12-17(26-11-3-2-4-22(26)29)6-7-18(15)27-13-16(24-25-27)5-8-19(28)20-9-10-21(23)31-20/h2-4,6-7,9-13H,5,8,14H2,1H3. The first-order chi connectivity index (χ1) is 15.0. The lowest BCUT2D eigenvalue weighted by atomic mass is 10.1. The van der Waals surface area contributed by atoms with Crippen LogP contribution >= 0.6 is 34.7 Å². The number of carbonyl (C=O) groups excluding carboxylic acids is 1. The van der Waals surface area contributed by atoms with Crippen molar-refractivity contribution in [1.29, 1.82) is 0 Å². The summed E-state index contributed by atoms with van der Waals surface area (Å²) in [4.78, 5) is 25.1. The molecule has 6 nitrogen and oxygen atoms in total. The van der Waals surface area contributed by atoms with Gasteiger partial charge in [0.15, 0.2) is 5.78 Å². The van der Waals surface area contributed by atoms with Gasteiger partial charge in [0.05, 0.1) is 26.8 Å². The quantitative estimate of drug-likeness (QED) is 0.345. The van der Waals surface area contributed by atoms with Gasteiger partial charge >= 0.3 is 0 Å². The van der Waals surface area contributed by atoms with Crippen molar-refractivity contribution in [1.82, 2.24) is 19.6 Å². The molecule has 1 aromatic carbocycles. The van der Waals surface area contributed by atoms with Crippen LogP contribution in [0.15, 0.2) is 65.7 Å². The average molecular weight is 471 g/mol. The van der Waals surface area contributed by atoms with Gasteiger partial charge in [0.1, 0.15) is 0 Å². The molecule has 158 valence electrons. The largest absolute Gasteiger partial charge is 0.293 e. The predicted molar refractivity (Wildman–Crippen MR) is 126 cm³/mol. The highest BCUT2D eigenvalue weighted by atomic mass is 35.5. The van der Waals surface area contributed by atoms with Crippen molar-refractivity contribution >= 4 is 40.5 Å². The third-order valence-electron chi connectivity index (χ3n) is 4.71. The van der Waals surface area contributed by atoms with Gasteiger partial charge in [0, 0.05) is 36.5 Å². The molecular formula is C22H19ClN4O2S2. The first-order valence-electron chi connectivity index (χ1n) is 9.55. The van der Waals surface area contributed by atoms with Gasteiger partial charge < -0.3 is 0 Å². The molecule has 0 radical (unpaired) electrons. The minimum Gasteiger partial charge on any atom is -0.293 e. The van der Waals surface area contributed by atoms with Gasteiger partial charge in [-0.25, -0.2) is 4.68 Å². The maximum atomic E-state index is 12.3. The predicted octanol–water partition coefficient (Wildman–Crippen LogP) is 4.81. The van der Waals surface area contributed by atoms with E-state index in [2.05, 4.69) is 10.3 Å². The van der Waals surface area contributed by atoms with Gasteiger partial charge in [0.25, 0.3) is 5.56 Å². The van der Waals surface area contributed by atoms with E-state index in [0.717, 1.165) is 28.4 Å². The second-order valence-electron chi connectivity index (χ2n) is 6.84. The number of rotatable bonds is 8. The lowest BCUT2D eigenvalue weighted by Gasteiger charge is -2.12.